The molecular weight excluding hydrogens is 322 g/mol. The van der Waals surface area contributed by atoms with Crippen LogP contribution in [0.5, 0.6) is 0 Å². The van der Waals surface area contributed by atoms with E-state index in [4.69, 9.17) is 0 Å². The van der Waals surface area contributed by atoms with Gasteiger partial charge in [0.2, 0.25) is 5.91 Å². The molecule has 24 heavy (non-hydrogen) atoms. The molecule has 0 aliphatic heterocycles. The Morgan fingerprint density at radius 1 is 1.38 bits per heavy atom. The molecule has 1 aromatic heterocycles. The van der Waals surface area contributed by atoms with Gasteiger partial charge in [-0.1, -0.05) is 23.9 Å². The molecule has 0 saturated heterocycles. The van der Waals surface area contributed by atoms with E-state index >= 15 is 0 Å². The fourth-order valence-corrected chi connectivity index (χ4v) is 3.75. The number of aromatic amines is 1. The van der Waals surface area contributed by atoms with Gasteiger partial charge in [0.1, 0.15) is 0 Å². The number of thioether (sulfide) groups is 1. The number of carbonyl (C=O) groups is 1. The summed E-state index contributed by atoms with van der Waals surface area (Å²) in [5, 5.41) is 0.536. The molecule has 0 spiro atoms. The number of nitrogens with zero attached hydrogens (tertiary/aromatic N) is 2. The van der Waals surface area contributed by atoms with Crippen molar-refractivity contribution in [3.63, 3.8) is 0 Å². The van der Waals surface area contributed by atoms with Gasteiger partial charge in [-0.05, 0) is 50.8 Å². The third-order valence-electron chi connectivity index (χ3n) is 4.18. The molecule has 6 heteroatoms. The highest BCUT2D eigenvalue weighted by Gasteiger charge is 2.19. The number of rotatable bonds is 5. The standard InChI is InChI=1S/C18H21N3O2S/c1-3-21(13-7-4-6-12(2)10-13)16(22)11-24-18-19-15-9-5-8-14(15)17(23)20-18/h4,6-7,10H,3,5,8-9,11H2,1-2H3,(H,19,20,23). The van der Waals surface area contributed by atoms with E-state index in [-0.39, 0.29) is 17.2 Å². The molecule has 1 heterocycles. The SMILES string of the molecule is CCN(C(=O)CSc1nc2c(c(=O)[nH]1)CCC2)c1cccc(C)c1. The van der Waals surface area contributed by atoms with Gasteiger partial charge in [-0.3, -0.25) is 9.59 Å². The molecule has 0 unspecified atom stereocenters. The molecule has 1 aliphatic rings. The van der Waals surface area contributed by atoms with Crippen molar-refractivity contribution in [1.82, 2.24) is 9.97 Å². The summed E-state index contributed by atoms with van der Waals surface area (Å²) in [4.78, 5) is 33.6. The van der Waals surface area contributed by atoms with Gasteiger partial charge in [0.05, 0.1) is 11.4 Å². The summed E-state index contributed by atoms with van der Waals surface area (Å²) in [5.74, 6) is 0.264. The van der Waals surface area contributed by atoms with Crippen LogP contribution in [0.15, 0.2) is 34.2 Å². The van der Waals surface area contributed by atoms with Crippen molar-refractivity contribution >= 4 is 23.4 Å². The Bertz CT molecular complexity index is 816. The number of fused-ring (bicyclic) bond motifs is 1. The average molecular weight is 343 g/mol. The summed E-state index contributed by atoms with van der Waals surface area (Å²) < 4.78 is 0. The minimum atomic E-state index is -0.0570. The zero-order valence-corrected chi connectivity index (χ0v) is 14.8. The Kier molecular flexibility index (Phi) is 5.04. The predicted molar refractivity (Wildman–Crippen MR) is 96.8 cm³/mol. The van der Waals surface area contributed by atoms with Crippen molar-refractivity contribution in [2.24, 2.45) is 0 Å². The number of carbonyl (C=O) groups excluding carboxylic acids is 1. The molecule has 2 aromatic rings. The molecule has 1 aromatic carbocycles. The highest BCUT2D eigenvalue weighted by atomic mass is 32.2. The summed E-state index contributed by atoms with van der Waals surface area (Å²) in [7, 11) is 0. The molecule has 0 atom stereocenters. The van der Waals surface area contributed by atoms with Crippen LogP contribution in [-0.2, 0) is 17.6 Å². The molecule has 0 fully saturated rings. The van der Waals surface area contributed by atoms with Gasteiger partial charge < -0.3 is 9.88 Å². The Morgan fingerprint density at radius 2 is 2.21 bits per heavy atom. The van der Waals surface area contributed by atoms with Crippen LogP contribution in [0.25, 0.3) is 0 Å². The van der Waals surface area contributed by atoms with Crippen LogP contribution >= 0.6 is 11.8 Å². The third kappa shape index (κ3) is 3.53. The van der Waals surface area contributed by atoms with E-state index < -0.39 is 0 Å². The molecule has 126 valence electrons. The molecule has 1 amide bonds. The summed E-state index contributed by atoms with van der Waals surface area (Å²) in [6.07, 6.45) is 2.64. The van der Waals surface area contributed by atoms with E-state index in [1.165, 1.54) is 11.8 Å². The van der Waals surface area contributed by atoms with Crippen LogP contribution in [-0.4, -0.2) is 28.2 Å². The number of hydrogen-bond acceptors (Lipinski definition) is 4. The first-order valence-corrected chi connectivity index (χ1v) is 9.19. The summed E-state index contributed by atoms with van der Waals surface area (Å²) in [6, 6.07) is 7.90. The second kappa shape index (κ2) is 7.21. The number of H-pyrrole nitrogens is 1. The number of benzene rings is 1. The second-order valence-electron chi connectivity index (χ2n) is 5.92. The normalized spacial score (nSPS) is 12.9. The van der Waals surface area contributed by atoms with Gasteiger partial charge in [0.15, 0.2) is 5.16 Å². The second-order valence-corrected chi connectivity index (χ2v) is 6.88. The lowest BCUT2D eigenvalue weighted by Gasteiger charge is -2.21. The number of aryl methyl sites for hydroxylation is 2. The lowest BCUT2D eigenvalue weighted by molar-refractivity contribution is -0.116. The number of amides is 1. The average Bonchev–Trinajstić information content (AvgIpc) is 3.03. The predicted octanol–water partition coefficient (Wildman–Crippen LogP) is 2.71. The van der Waals surface area contributed by atoms with Gasteiger partial charge in [-0.2, -0.15) is 0 Å². The highest BCUT2D eigenvalue weighted by molar-refractivity contribution is 7.99. The smallest absolute Gasteiger partial charge is 0.254 e. The molecule has 5 nitrogen and oxygen atoms in total. The van der Waals surface area contributed by atoms with Crippen molar-refractivity contribution in [3.8, 4) is 0 Å². The van der Waals surface area contributed by atoms with Gasteiger partial charge in [-0.15, -0.1) is 0 Å². The van der Waals surface area contributed by atoms with Gasteiger partial charge in [0.25, 0.3) is 5.56 Å². The number of aromatic nitrogens is 2. The van der Waals surface area contributed by atoms with Crippen LogP contribution in [0.2, 0.25) is 0 Å². The zero-order valence-electron chi connectivity index (χ0n) is 14.0. The molecule has 1 aliphatic carbocycles. The topological polar surface area (TPSA) is 66.1 Å². The molecule has 3 rings (SSSR count). The van der Waals surface area contributed by atoms with Crippen molar-refractivity contribution in [2.45, 2.75) is 38.3 Å². The third-order valence-corrected chi connectivity index (χ3v) is 5.04. The lowest BCUT2D eigenvalue weighted by Crippen LogP contribution is -2.32. The molecule has 0 saturated carbocycles. The molecule has 1 N–H and O–H groups in total. The van der Waals surface area contributed by atoms with Crippen molar-refractivity contribution in [2.75, 3.05) is 17.2 Å². The van der Waals surface area contributed by atoms with E-state index in [2.05, 4.69) is 9.97 Å². The molecule has 0 radical (unpaired) electrons. The maximum Gasteiger partial charge on any atom is 0.254 e. The minimum absolute atomic E-state index is 0.0104. The quantitative estimate of drug-likeness (QED) is 0.670. The molecular formula is C18H21N3O2S. The van der Waals surface area contributed by atoms with Gasteiger partial charge in [-0.25, -0.2) is 4.98 Å². The maximum atomic E-state index is 12.6. The van der Waals surface area contributed by atoms with E-state index in [0.29, 0.717) is 11.7 Å². The summed E-state index contributed by atoms with van der Waals surface area (Å²) in [5.41, 5.74) is 3.66. The van der Waals surface area contributed by atoms with Crippen LogP contribution in [0.4, 0.5) is 5.69 Å². The van der Waals surface area contributed by atoms with Crippen LogP contribution in [0.3, 0.4) is 0 Å². The van der Waals surface area contributed by atoms with Gasteiger partial charge in [0, 0.05) is 17.8 Å². The van der Waals surface area contributed by atoms with Crippen molar-refractivity contribution < 1.29 is 4.79 Å². The Labute approximate surface area is 145 Å². The largest absolute Gasteiger partial charge is 0.312 e. The Hall–Kier alpha value is -2.08. The van der Waals surface area contributed by atoms with Crippen LogP contribution < -0.4 is 10.5 Å². The van der Waals surface area contributed by atoms with E-state index in [9.17, 15) is 9.59 Å². The maximum absolute atomic E-state index is 12.6. The number of nitrogens with one attached hydrogen (secondary N) is 1. The van der Waals surface area contributed by atoms with E-state index in [1.54, 1.807) is 4.90 Å². The lowest BCUT2D eigenvalue weighted by atomic mass is 10.2. The van der Waals surface area contributed by atoms with Gasteiger partial charge >= 0.3 is 0 Å². The minimum Gasteiger partial charge on any atom is -0.312 e. The summed E-state index contributed by atoms with van der Waals surface area (Å²) >= 11 is 1.29. The number of hydrogen-bond donors (Lipinski definition) is 1. The van der Waals surface area contributed by atoms with E-state index in [0.717, 1.165) is 41.8 Å². The first-order chi connectivity index (χ1) is 11.6. The Balaban J connectivity index is 1.71. The van der Waals surface area contributed by atoms with Crippen molar-refractivity contribution in [1.29, 1.82) is 0 Å². The fourth-order valence-electron chi connectivity index (χ4n) is 2.99. The zero-order chi connectivity index (χ0) is 17.1. The van der Waals surface area contributed by atoms with Crippen molar-refractivity contribution in [3.05, 3.63) is 51.4 Å². The Morgan fingerprint density at radius 3 is 2.96 bits per heavy atom. The fraction of sp³-hybridized carbons (Fsp3) is 0.389. The summed E-state index contributed by atoms with van der Waals surface area (Å²) in [6.45, 7) is 4.58. The van der Waals surface area contributed by atoms with Crippen LogP contribution in [0, 0.1) is 6.92 Å². The first-order valence-electron chi connectivity index (χ1n) is 8.20. The number of anilines is 1. The monoisotopic (exact) mass is 343 g/mol. The molecule has 0 bridgehead atoms. The van der Waals surface area contributed by atoms with Crippen LogP contribution in [0.1, 0.15) is 30.2 Å². The first kappa shape index (κ1) is 16.8. The highest BCUT2D eigenvalue weighted by Crippen LogP contribution is 2.21. The van der Waals surface area contributed by atoms with E-state index in [1.807, 2.05) is 38.1 Å².